The van der Waals surface area contributed by atoms with Crippen molar-refractivity contribution in [2.24, 2.45) is 0 Å². The lowest BCUT2D eigenvalue weighted by Crippen LogP contribution is -2.59. The van der Waals surface area contributed by atoms with Gasteiger partial charge < -0.3 is 15.5 Å². The van der Waals surface area contributed by atoms with Gasteiger partial charge in [-0.15, -0.1) is 0 Å². The molecule has 2 saturated heterocycles. The smallest absolute Gasteiger partial charge is 0.322 e. The van der Waals surface area contributed by atoms with E-state index in [0.29, 0.717) is 5.56 Å². The zero-order chi connectivity index (χ0) is 19.5. The average molecular weight is 377 g/mol. The molecule has 2 aliphatic rings. The number of aryl methyl sites for hydroxylation is 1. The van der Waals surface area contributed by atoms with Gasteiger partial charge in [0.25, 0.3) is 5.91 Å². The molecule has 146 valence electrons. The fourth-order valence-electron chi connectivity index (χ4n) is 4.51. The van der Waals surface area contributed by atoms with E-state index in [9.17, 15) is 9.59 Å². The largest absolute Gasteiger partial charge is 0.349 e. The van der Waals surface area contributed by atoms with Crippen molar-refractivity contribution in [3.8, 4) is 0 Å². The molecule has 3 amide bonds. The molecule has 0 radical (unpaired) electrons. The van der Waals surface area contributed by atoms with Crippen molar-refractivity contribution >= 4 is 17.6 Å². The lowest BCUT2D eigenvalue weighted by atomic mass is 9.82. The summed E-state index contributed by atoms with van der Waals surface area (Å²) in [4.78, 5) is 27.5. The van der Waals surface area contributed by atoms with Crippen LogP contribution in [0.25, 0.3) is 0 Å². The Kier molecular flexibility index (Phi) is 5.33. The standard InChI is InChI=1S/C23H27N3O2/c1-16-10-12-18(13-11-16)25-23(28)26-20-8-5-9-21(26)15-19(14-20)24-22(27)17-6-3-2-4-7-17/h2-4,6-7,10-13,19-21H,5,8-9,14-15H2,1H3,(H,24,27)(H,25,28)/t20-,21-/m0/s1. The van der Waals surface area contributed by atoms with E-state index in [4.69, 9.17) is 0 Å². The molecule has 2 fully saturated rings. The van der Waals surface area contributed by atoms with Gasteiger partial charge in [0.1, 0.15) is 0 Å². The molecular weight excluding hydrogens is 350 g/mol. The van der Waals surface area contributed by atoms with Crippen molar-refractivity contribution in [3.05, 3.63) is 65.7 Å². The van der Waals surface area contributed by atoms with Crippen molar-refractivity contribution in [1.82, 2.24) is 10.2 Å². The number of benzene rings is 2. The fourth-order valence-corrected chi connectivity index (χ4v) is 4.51. The lowest BCUT2D eigenvalue weighted by Gasteiger charge is -2.48. The summed E-state index contributed by atoms with van der Waals surface area (Å²) >= 11 is 0. The lowest BCUT2D eigenvalue weighted by molar-refractivity contribution is 0.0577. The predicted octanol–water partition coefficient (Wildman–Crippen LogP) is 4.34. The Morgan fingerprint density at radius 3 is 2.21 bits per heavy atom. The topological polar surface area (TPSA) is 61.4 Å². The number of carbonyl (C=O) groups excluding carboxylic acids is 2. The van der Waals surface area contributed by atoms with E-state index in [2.05, 4.69) is 10.6 Å². The van der Waals surface area contributed by atoms with Gasteiger partial charge in [0.15, 0.2) is 0 Å². The minimum absolute atomic E-state index is 0.0219. The highest BCUT2D eigenvalue weighted by Crippen LogP contribution is 2.34. The van der Waals surface area contributed by atoms with Gasteiger partial charge in [0.2, 0.25) is 0 Å². The number of hydrogen-bond donors (Lipinski definition) is 2. The van der Waals surface area contributed by atoms with Crippen LogP contribution in [-0.2, 0) is 0 Å². The van der Waals surface area contributed by atoms with Crippen molar-refractivity contribution in [3.63, 3.8) is 0 Å². The summed E-state index contributed by atoms with van der Waals surface area (Å²) in [6.45, 7) is 2.03. The molecule has 2 aliphatic heterocycles. The van der Waals surface area contributed by atoms with Gasteiger partial charge in [0.05, 0.1) is 0 Å². The van der Waals surface area contributed by atoms with Crippen molar-refractivity contribution < 1.29 is 9.59 Å². The maximum absolute atomic E-state index is 12.9. The molecule has 0 unspecified atom stereocenters. The van der Waals surface area contributed by atoms with E-state index in [1.165, 1.54) is 5.56 Å². The number of fused-ring (bicyclic) bond motifs is 2. The molecule has 2 heterocycles. The maximum atomic E-state index is 12.9. The SMILES string of the molecule is Cc1ccc(NC(=O)N2[C@H]3CCC[C@H]2CC(NC(=O)c2ccccc2)C3)cc1. The highest BCUT2D eigenvalue weighted by molar-refractivity contribution is 5.94. The molecule has 0 spiro atoms. The molecule has 5 nitrogen and oxygen atoms in total. The fraction of sp³-hybridized carbons (Fsp3) is 0.391. The molecule has 2 N–H and O–H groups in total. The normalized spacial score (nSPS) is 23.8. The van der Waals surface area contributed by atoms with Crippen LogP contribution in [0.15, 0.2) is 54.6 Å². The maximum Gasteiger partial charge on any atom is 0.322 e. The minimum atomic E-state index is -0.0266. The highest BCUT2D eigenvalue weighted by Gasteiger charge is 2.41. The number of anilines is 1. The van der Waals surface area contributed by atoms with Gasteiger partial charge in [0, 0.05) is 29.4 Å². The predicted molar refractivity (Wildman–Crippen MR) is 110 cm³/mol. The van der Waals surface area contributed by atoms with Crippen LogP contribution in [0.1, 0.15) is 48.0 Å². The zero-order valence-electron chi connectivity index (χ0n) is 16.2. The number of amides is 3. The molecule has 0 aliphatic carbocycles. The Morgan fingerprint density at radius 1 is 0.929 bits per heavy atom. The van der Waals surface area contributed by atoms with E-state index < -0.39 is 0 Å². The van der Waals surface area contributed by atoms with Crippen LogP contribution in [0.4, 0.5) is 10.5 Å². The third-order valence-electron chi connectivity index (χ3n) is 5.88. The van der Waals surface area contributed by atoms with Crippen LogP contribution >= 0.6 is 0 Å². The Bertz CT molecular complexity index is 821. The molecule has 2 bridgehead atoms. The van der Waals surface area contributed by atoms with Crippen molar-refractivity contribution in [2.45, 2.75) is 57.2 Å². The number of carbonyl (C=O) groups is 2. The second kappa shape index (κ2) is 8.05. The first-order chi connectivity index (χ1) is 13.6. The second-order valence-electron chi connectivity index (χ2n) is 7.95. The van der Waals surface area contributed by atoms with Crippen LogP contribution in [-0.4, -0.2) is 35.0 Å². The number of nitrogens with zero attached hydrogens (tertiary/aromatic N) is 1. The minimum Gasteiger partial charge on any atom is -0.349 e. The number of nitrogens with one attached hydrogen (secondary N) is 2. The second-order valence-corrected chi connectivity index (χ2v) is 7.95. The molecule has 4 rings (SSSR count). The average Bonchev–Trinajstić information content (AvgIpc) is 2.69. The van der Waals surface area contributed by atoms with Crippen LogP contribution in [0, 0.1) is 6.92 Å². The van der Waals surface area contributed by atoms with Crippen LogP contribution in [0.2, 0.25) is 0 Å². The van der Waals surface area contributed by atoms with Gasteiger partial charge >= 0.3 is 6.03 Å². The number of rotatable bonds is 3. The molecule has 2 aromatic rings. The van der Waals surface area contributed by atoms with Gasteiger partial charge in [-0.25, -0.2) is 4.79 Å². The van der Waals surface area contributed by atoms with Crippen molar-refractivity contribution in [2.75, 3.05) is 5.32 Å². The van der Waals surface area contributed by atoms with E-state index >= 15 is 0 Å². The van der Waals surface area contributed by atoms with Crippen LogP contribution in [0.5, 0.6) is 0 Å². The summed E-state index contributed by atoms with van der Waals surface area (Å²) in [5.41, 5.74) is 2.69. The number of urea groups is 1. The monoisotopic (exact) mass is 377 g/mol. The summed E-state index contributed by atoms with van der Waals surface area (Å²) in [7, 11) is 0. The van der Waals surface area contributed by atoms with Gasteiger partial charge in [-0.05, 0) is 63.3 Å². The van der Waals surface area contributed by atoms with Crippen LogP contribution in [0.3, 0.4) is 0 Å². The molecule has 5 heteroatoms. The summed E-state index contributed by atoms with van der Waals surface area (Å²) in [5.74, 6) is -0.0266. The molecule has 0 saturated carbocycles. The first-order valence-electron chi connectivity index (χ1n) is 10.1. The Hall–Kier alpha value is -2.82. The van der Waals surface area contributed by atoms with E-state index in [0.717, 1.165) is 37.8 Å². The zero-order valence-corrected chi connectivity index (χ0v) is 16.2. The molecular formula is C23H27N3O2. The summed E-state index contributed by atoms with van der Waals surface area (Å²) in [6.07, 6.45) is 4.76. The van der Waals surface area contributed by atoms with Gasteiger partial charge in [-0.2, -0.15) is 0 Å². The molecule has 2 atom stereocenters. The molecule has 28 heavy (non-hydrogen) atoms. The van der Waals surface area contributed by atoms with Crippen molar-refractivity contribution in [1.29, 1.82) is 0 Å². The first-order valence-corrected chi connectivity index (χ1v) is 10.1. The summed E-state index contributed by atoms with van der Waals surface area (Å²) < 4.78 is 0. The Morgan fingerprint density at radius 2 is 1.57 bits per heavy atom. The summed E-state index contributed by atoms with van der Waals surface area (Å²) in [6, 6.07) is 17.7. The third-order valence-corrected chi connectivity index (χ3v) is 5.88. The van der Waals surface area contributed by atoms with E-state index in [1.54, 1.807) is 0 Å². The first kappa shape index (κ1) is 18.5. The van der Waals surface area contributed by atoms with Gasteiger partial charge in [-0.1, -0.05) is 35.9 Å². The number of piperidine rings is 2. The Balaban J connectivity index is 1.41. The highest BCUT2D eigenvalue weighted by atomic mass is 16.2. The quantitative estimate of drug-likeness (QED) is 0.836. The summed E-state index contributed by atoms with van der Waals surface area (Å²) in [5, 5.41) is 6.23. The van der Waals surface area contributed by atoms with E-state index in [1.807, 2.05) is 66.4 Å². The van der Waals surface area contributed by atoms with Gasteiger partial charge in [-0.3, -0.25) is 4.79 Å². The van der Waals surface area contributed by atoms with Crippen LogP contribution < -0.4 is 10.6 Å². The number of hydrogen-bond acceptors (Lipinski definition) is 2. The van der Waals surface area contributed by atoms with E-state index in [-0.39, 0.29) is 30.1 Å². The Labute approximate surface area is 166 Å². The molecule has 0 aromatic heterocycles. The molecule has 2 aromatic carbocycles. The third kappa shape index (κ3) is 4.03.